The number of hydrogen-bond donors (Lipinski definition) is 0. The van der Waals surface area contributed by atoms with Crippen LogP contribution in [-0.2, 0) is 9.53 Å². The third-order valence-electron chi connectivity index (χ3n) is 4.26. The molecule has 2 nitrogen and oxygen atoms in total. The molecule has 4 atom stereocenters. The highest BCUT2D eigenvalue weighted by molar-refractivity contribution is 8.00. The van der Waals surface area contributed by atoms with E-state index >= 15 is 0 Å². The number of ether oxygens (including phenoxy) is 1. The minimum atomic E-state index is -0.230. The van der Waals surface area contributed by atoms with Gasteiger partial charge in [-0.3, -0.25) is 4.79 Å². The molecule has 2 saturated heterocycles. The molecule has 2 unspecified atom stereocenters. The monoisotopic (exact) mass is 280 g/mol. The van der Waals surface area contributed by atoms with Crippen LogP contribution >= 0.6 is 11.8 Å². The van der Waals surface area contributed by atoms with Crippen LogP contribution in [-0.4, -0.2) is 23.6 Å². The maximum atomic E-state index is 13.0. The summed E-state index contributed by atoms with van der Waals surface area (Å²) < 4.78 is 18.0. The molecule has 2 bridgehead atoms. The van der Waals surface area contributed by atoms with Gasteiger partial charge in [-0.2, -0.15) is 11.8 Å². The van der Waals surface area contributed by atoms with Crippen molar-refractivity contribution in [2.24, 2.45) is 5.92 Å². The molecule has 102 valence electrons. The van der Waals surface area contributed by atoms with Crippen LogP contribution in [0.4, 0.5) is 4.39 Å². The summed E-state index contributed by atoms with van der Waals surface area (Å²) in [5.74, 6) is -0.260. The lowest BCUT2D eigenvalue weighted by molar-refractivity contribution is -0.146. The van der Waals surface area contributed by atoms with Gasteiger partial charge in [0.25, 0.3) is 0 Å². The van der Waals surface area contributed by atoms with Gasteiger partial charge in [0.15, 0.2) is 0 Å². The van der Waals surface area contributed by atoms with Crippen molar-refractivity contribution in [3.8, 4) is 0 Å². The number of halogens is 1. The zero-order chi connectivity index (χ0) is 13.4. The highest BCUT2D eigenvalue weighted by Gasteiger charge is 2.47. The molecule has 0 spiro atoms. The molecule has 4 heteroatoms. The SMILES string of the molecule is COC(=O)[C@@H]1C2CCC(C[C@H]1c1ccc(F)cc1)S2. The zero-order valence-corrected chi connectivity index (χ0v) is 11.7. The Morgan fingerprint density at radius 2 is 2.05 bits per heavy atom. The highest BCUT2D eigenvalue weighted by atomic mass is 32.2. The first-order chi connectivity index (χ1) is 9.19. The summed E-state index contributed by atoms with van der Waals surface area (Å²) >= 11 is 1.93. The second-order valence-electron chi connectivity index (χ2n) is 5.32. The lowest BCUT2D eigenvalue weighted by Gasteiger charge is -2.34. The van der Waals surface area contributed by atoms with Crippen molar-refractivity contribution in [3.63, 3.8) is 0 Å². The molecule has 1 aromatic rings. The van der Waals surface area contributed by atoms with Gasteiger partial charge in [-0.1, -0.05) is 12.1 Å². The van der Waals surface area contributed by atoms with Crippen LogP contribution in [0.5, 0.6) is 0 Å². The number of benzene rings is 1. The summed E-state index contributed by atoms with van der Waals surface area (Å²) in [5.41, 5.74) is 1.06. The maximum Gasteiger partial charge on any atom is 0.310 e. The van der Waals surface area contributed by atoms with Gasteiger partial charge < -0.3 is 4.74 Å². The smallest absolute Gasteiger partial charge is 0.310 e. The number of thioether (sulfide) groups is 1. The topological polar surface area (TPSA) is 26.3 Å². The van der Waals surface area contributed by atoms with Crippen LogP contribution in [0.3, 0.4) is 0 Å². The second-order valence-corrected chi connectivity index (χ2v) is 6.86. The van der Waals surface area contributed by atoms with Crippen LogP contribution in [0, 0.1) is 11.7 Å². The number of methoxy groups -OCH3 is 1. The van der Waals surface area contributed by atoms with Crippen molar-refractivity contribution < 1.29 is 13.9 Å². The molecule has 2 heterocycles. The minimum Gasteiger partial charge on any atom is -0.469 e. The van der Waals surface area contributed by atoms with Gasteiger partial charge in [-0.15, -0.1) is 0 Å². The Morgan fingerprint density at radius 1 is 1.32 bits per heavy atom. The largest absolute Gasteiger partial charge is 0.469 e. The van der Waals surface area contributed by atoms with Gasteiger partial charge in [0.05, 0.1) is 13.0 Å². The van der Waals surface area contributed by atoms with Crippen LogP contribution in [0.25, 0.3) is 0 Å². The Balaban J connectivity index is 1.92. The molecular formula is C15H17FO2S. The Morgan fingerprint density at radius 3 is 2.74 bits per heavy atom. The fraction of sp³-hybridized carbons (Fsp3) is 0.533. The summed E-state index contributed by atoms with van der Waals surface area (Å²) in [6, 6.07) is 6.58. The molecular weight excluding hydrogens is 263 g/mol. The number of esters is 1. The van der Waals surface area contributed by atoms with Crippen molar-refractivity contribution in [3.05, 3.63) is 35.6 Å². The first-order valence-electron chi connectivity index (χ1n) is 6.68. The lowest BCUT2D eigenvalue weighted by atomic mass is 9.81. The van der Waals surface area contributed by atoms with Crippen LogP contribution < -0.4 is 0 Å². The van der Waals surface area contributed by atoms with Gasteiger partial charge >= 0.3 is 5.97 Å². The number of carbonyl (C=O) groups excluding carboxylic acids is 1. The van der Waals surface area contributed by atoms with E-state index in [9.17, 15) is 9.18 Å². The maximum absolute atomic E-state index is 13.0. The van der Waals surface area contributed by atoms with E-state index in [1.165, 1.54) is 25.7 Å². The molecule has 0 saturated carbocycles. The molecule has 0 radical (unpaired) electrons. The Bertz CT molecular complexity index is 474. The van der Waals surface area contributed by atoms with E-state index in [4.69, 9.17) is 4.74 Å². The Kier molecular flexibility index (Phi) is 3.52. The average Bonchev–Trinajstić information content (AvgIpc) is 2.80. The predicted molar refractivity (Wildman–Crippen MR) is 73.7 cm³/mol. The third-order valence-corrected chi connectivity index (χ3v) is 5.95. The standard InChI is InChI=1S/C15H17FO2S/c1-18-15(17)14-12(8-11-6-7-13(14)19-11)9-2-4-10(16)5-3-9/h2-5,11-14H,6-8H2,1H3/t11?,12-,13?,14-/m0/s1. The van der Waals surface area contributed by atoms with Crippen molar-refractivity contribution in [2.75, 3.05) is 7.11 Å². The van der Waals surface area contributed by atoms with Crippen molar-refractivity contribution in [1.29, 1.82) is 0 Å². The molecule has 2 aliphatic heterocycles. The Hall–Kier alpha value is -1.03. The third kappa shape index (κ3) is 2.38. The van der Waals surface area contributed by atoms with E-state index in [1.54, 1.807) is 0 Å². The highest BCUT2D eigenvalue weighted by Crippen LogP contribution is 2.52. The van der Waals surface area contributed by atoms with E-state index in [1.807, 2.05) is 23.9 Å². The summed E-state index contributed by atoms with van der Waals surface area (Å²) in [7, 11) is 1.45. The fourth-order valence-corrected chi connectivity index (χ4v) is 5.19. The van der Waals surface area contributed by atoms with Crippen molar-refractivity contribution in [2.45, 2.75) is 35.7 Å². The molecule has 3 rings (SSSR count). The summed E-state index contributed by atoms with van der Waals surface area (Å²) in [4.78, 5) is 12.1. The van der Waals surface area contributed by atoms with Gasteiger partial charge in [0, 0.05) is 10.5 Å². The molecule has 0 aromatic heterocycles. The minimum absolute atomic E-state index is 0.0841. The van der Waals surface area contributed by atoms with Crippen molar-refractivity contribution in [1.82, 2.24) is 0 Å². The van der Waals surface area contributed by atoms with Crippen LogP contribution in [0.1, 0.15) is 30.7 Å². The van der Waals surface area contributed by atoms with E-state index in [0.717, 1.165) is 18.4 Å². The average molecular weight is 280 g/mol. The van der Waals surface area contributed by atoms with E-state index in [2.05, 4.69) is 0 Å². The van der Waals surface area contributed by atoms with Gasteiger partial charge in [0.2, 0.25) is 0 Å². The lowest BCUT2D eigenvalue weighted by Crippen LogP contribution is -2.35. The van der Waals surface area contributed by atoms with Crippen LogP contribution in [0.15, 0.2) is 24.3 Å². The normalized spacial score (nSPS) is 33.2. The van der Waals surface area contributed by atoms with Crippen LogP contribution in [0.2, 0.25) is 0 Å². The Labute approximate surface area is 116 Å². The first kappa shape index (κ1) is 13.0. The van der Waals surface area contributed by atoms with Crippen molar-refractivity contribution >= 4 is 17.7 Å². The molecule has 0 aliphatic carbocycles. The second kappa shape index (κ2) is 5.16. The molecule has 2 aliphatic rings. The van der Waals surface area contributed by atoms with E-state index < -0.39 is 0 Å². The summed E-state index contributed by atoms with van der Waals surface area (Å²) in [6.45, 7) is 0. The van der Waals surface area contributed by atoms with E-state index in [0.29, 0.717) is 10.5 Å². The molecule has 0 N–H and O–H groups in total. The first-order valence-corrected chi connectivity index (χ1v) is 7.62. The number of hydrogen-bond acceptors (Lipinski definition) is 3. The number of rotatable bonds is 2. The molecule has 2 fully saturated rings. The van der Waals surface area contributed by atoms with Gasteiger partial charge in [-0.25, -0.2) is 4.39 Å². The number of carbonyl (C=O) groups is 1. The van der Waals surface area contributed by atoms with E-state index in [-0.39, 0.29) is 23.6 Å². The summed E-state index contributed by atoms with van der Waals surface area (Å²) in [5, 5.41) is 1.00. The fourth-order valence-electron chi connectivity index (χ4n) is 3.37. The quantitative estimate of drug-likeness (QED) is 0.777. The zero-order valence-electron chi connectivity index (χ0n) is 10.8. The molecule has 1 aromatic carbocycles. The molecule has 19 heavy (non-hydrogen) atoms. The predicted octanol–water partition coefficient (Wildman–Crippen LogP) is 3.37. The summed E-state index contributed by atoms with van der Waals surface area (Å²) in [6.07, 6.45) is 3.26. The number of fused-ring (bicyclic) bond motifs is 2. The van der Waals surface area contributed by atoms with Gasteiger partial charge in [0.1, 0.15) is 5.82 Å². The van der Waals surface area contributed by atoms with Gasteiger partial charge in [-0.05, 0) is 42.9 Å². The molecule has 0 amide bonds.